The molecule has 94 heavy (non-hydrogen) atoms. The van der Waals surface area contributed by atoms with E-state index in [-0.39, 0.29) is 25.7 Å². The smallest absolute Gasteiger partial charge is 0.462 e. The average Bonchev–Trinajstić information content (AvgIpc) is 1.50. The molecule has 0 saturated carbocycles. The van der Waals surface area contributed by atoms with Crippen LogP contribution in [-0.2, 0) is 65.4 Å². The topological polar surface area (TPSA) is 237 Å². The van der Waals surface area contributed by atoms with Crippen molar-refractivity contribution in [2.75, 3.05) is 39.6 Å². The molecule has 19 heteroatoms. The SMILES string of the molecule is CCCCCCCCCCCCCCCCCCCC(=O)O[C@H](COC(=O)CCCCCCCCCCCCCCCC)COP(=O)(O)OC[C@@H](O)COP(=O)(O)OC[C@@H](COC(=O)CCCCCCCCCCCCC)OC(=O)CCCCCCCCCCCC(C)C. The maximum Gasteiger partial charge on any atom is 0.472 e. The lowest BCUT2D eigenvalue weighted by molar-refractivity contribution is -0.161. The number of phosphoric ester groups is 2. The van der Waals surface area contributed by atoms with E-state index in [4.69, 9.17) is 37.0 Å². The summed E-state index contributed by atoms with van der Waals surface area (Å²) in [4.78, 5) is 72.8. The van der Waals surface area contributed by atoms with Gasteiger partial charge in [-0.1, -0.05) is 343 Å². The molecule has 0 saturated heterocycles. The van der Waals surface area contributed by atoms with Crippen LogP contribution in [0.3, 0.4) is 0 Å². The molecule has 0 bridgehead atoms. The second kappa shape index (κ2) is 68.2. The minimum Gasteiger partial charge on any atom is -0.462 e. The first-order chi connectivity index (χ1) is 45.5. The Hall–Kier alpha value is -1.94. The van der Waals surface area contributed by atoms with Crippen molar-refractivity contribution >= 4 is 39.5 Å². The van der Waals surface area contributed by atoms with Gasteiger partial charge < -0.3 is 33.8 Å². The van der Waals surface area contributed by atoms with E-state index in [0.29, 0.717) is 25.7 Å². The molecule has 0 rings (SSSR count). The van der Waals surface area contributed by atoms with Crippen molar-refractivity contribution in [3.05, 3.63) is 0 Å². The lowest BCUT2D eigenvalue weighted by atomic mass is 10.0. The molecule has 2 unspecified atom stereocenters. The van der Waals surface area contributed by atoms with Crippen LogP contribution in [0.5, 0.6) is 0 Å². The van der Waals surface area contributed by atoms with Crippen LogP contribution in [0.4, 0.5) is 0 Å². The number of hydrogen-bond donors (Lipinski definition) is 3. The Morgan fingerprint density at radius 2 is 0.489 bits per heavy atom. The van der Waals surface area contributed by atoms with Gasteiger partial charge in [-0.2, -0.15) is 0 Å². The van der Waals surface area contributed by atoms with E-state index in [2.05, 4.69) is 34.6 Å². The van der Waals surface area contributed by atoms with Gasteiger partial charge in [0.05, 0.1) is 26.4 Å². The number of phosphoric acid groups is 2. The summed E-state index contributed by atoms with van der Waals surface area (Å²) in [5.41, 5.74) is 0. The number of hydrogen-bond acceptors (Lipinski definition) is 15. The van der Waals surface area contributed by atoms with Gasteiger partial charge in [-0.25, -0.2) is 9.13 Å². The Labute approximate surface area is 575 Å². The summed E-state index contributed by atoms with van der Waals surface area (Å²) in [5, 5.41) is 10.6. The Balaban J connectivity index is 5.25. The number of rotatable bonds is 75. The number of ether oxygens (including phenoxy) is 4. The summed E-state index contributed by atoms with van der Waals surface area (Å²) in [6.45, 7) is 7.27. The fraction of sp³-hybridized carbons (Fsp3) is 0.947. The summed E-state index contributed by atoms with van der Waals surface area (Å²) < 4.78 is 68.5. The average molecular weight is 1380 g/mol. The molecule has 0 heterocycles. The minimum atomic E-state index is -4.96. The van der Waals surface area contributed by atoms with Crippen LogP contribution in [-0.4, -0.2) is 96.7 Å². The highest BCUT2D eigenvalue weighted by Crippen LogP contribution is 2.45. The van der Waals surface area contributed by atoms with E-state index in [1.807, 2.05) is 0 Å². The first kappa shape index (κ1) is 92.1. The molecule has 0 radical (unpaired) electrons. The number of unbranched alkanes of at least 4 members (excludes halogenated alkanes) is 47. The summed E-state index contributed by atoms with van der Waals surface area (Å²) in [5.74, 6) is -1.38. The van der Waals surface area contributed by atoms with Gasteiger partial charge in [0.25, 0.3) is 0 Å². The molecule has 558 valence electrons. The molecule has 17 nitrogen and oxygen atoms in total. The van der Waals surface area contributed by atoms with Crippen LogP contribution < -0.4 is 0 Å². The Kier molecular flexibility index (Phi) is 66.8. The molecule has 0 aromatic rings. The second-order valence-electron chi connectivity index (χ2n) is 27.5. The predicted molar refractivity (Wildman–Crippen MR) is 382 cm³/mol. The lowest BCUT2D eigenvalue weighted by Crippen LogP contribution is -2.30. The molecule has 0 aromatic carbocycles. The van der Waals surface area contributed by atoms with E-state index in [0.717, 1.165) is 95.8 Å². The molecule has 0 aliphatic carbocycles. The number of esters is 4. The molecule has 0 aromatic heterocycles. The van der Waals surface area contributed by atoms with Crippen molar-refractivity contribution in [1.82, 2.24) is 0 Å². The molecule has 5 atom stereocenters. The third kappa shape index (κ3) is 68.6. The predicted octanol–water partition coefficient (Wildman–Crippen LogP) is 22.1. The van der Waals surface area contributed by atoms with Crippen molar-refractivity contribution in [3.8, 4) is 0 Å². The quantitative estimate of drug-likeness (QED) is 0.0222. The van der Waals surface area contributed by atoms with E-state index in [1.165, 1.54) is 218 Å². The van der Waals surface area contributed by atoms with Gasteiger partial charge in [0.1, 0.15) is 19.3 Å². The molecule has 0 fully saturated rings. The third-order valence-corrected chi connectivity index (χ3v) is 19.4. The van der Waals surface area contributed by atoms with Gasteiger partial charge in [-0.05, 0) is 31.6 Å². The maximum absolute atomic E-state index is 13.1. The highest BCUT2D eigenvalue weighted by Gasteiger charge is 2.30. The number of carbonyl (C=O) groups excluding carboxylic acids is 4. The van der Waals surface area contributed by atoms with Gasteiger partial charge in [-0.15, -0.1) is 0 Å². The summed E-state index contributed by atoms with van der Waals surface area (Å²) in [7, 11) is -9.91. The zero-order valence-corrected chi connectivity index (χ0v) is 62.9. The van der Waals surface area contributed by atoms with Crippen molar-refractivity contribution in [3.63, 3.8) is 0 Å². The van der Waals surface area contributed by atoms with Gasteiger partial charge in [-0.3, -0.25) is 37.3 Å². The standard InChI is InChI=1S/C75H146O17P2/c1-6-9-12-15-18-21-24-26-28-29-30-32-35-40-45-50-55-60-74(79)91-70(64-86-73(78)59-54-49-44-39-34-31-27-25-22-19-16-13-10-7-2)66-89-93(81,82)87-62-69(76)63-88-94(83,84)90-67-71(65-85-72(77)58-53-48-43-38-33-23-20-17-14-11-8-3)92-75(80)61-56-51-46-41-36-37-42-47-52-57-68(4)5/h68-71,76H,6-67H2,1-5H3,(H,81,82)(H,83,84)/t69-,70-,71-/m1/s1. The van der Waals surface area contributed by atoms with Gasteiger partial charge >= 0.3 is 39.5 Å². The van der Waals surface area contributed by atoms with Crippen molar-refractivity contribution in [2.45, 2.75) is 412 Å². The monoisotopic (exact) mass is 1380 g/mol. The minimum absolute atomic E-state index is 0.106. The van der Waals surface area contributed by atoms with Gasteiger partial charge in [0, 0.05) is 25.7 Å². The van der Waals surface area contributed by atoms with E-state index >= 15 is 0 Å². The van der Waals surface area contributed by atoms with Crippen LogP contribution in [0.25, 0.3) is 0 Å². The third-order valence-electron chi connectivity index (χ3n) is 17.5. The first-order valence-corrected chi connectivity index (χ1v) is 42.1. The van der Waals surface area contributed by atoms with Crippen molar-refractivity contribution < 1.29 is 80.2 Å². The molecular formula is C75H146O17P2. The second-order valence-corrected chi connectivity index (χ2v) is 30.4. The molecular weight excluding hydrogens is 1230 g/mol. The fourth-order valence-electron chi connectivity index (χ4n) is 11.5. The van der Waals surface area contributed by atoms with Crippen LogP contribution in [0.1, 0.15) is 394 Å². The number of aliphatic hydroxyl groups excluding tert-OH is 1. The molecule has 0 aliphatic rings. The maximum atomic E-state index is 13.1. The van der Waals surface area contributed by atoms with E-state index in [9.17, 15) is 43.2 Å². The largest absolute Gasteiger partial charge is 0.472 e. The van der Waals surface area contributed by atoms with E-state index < -0.39 is 97.5 Å². The molecule has 0 amide bonds. The van der Waals surface area contributed by atoms with Crippen LogP contribution >= 0.6 is 15.6 Å². The Morgan fingerprint density at radius 1 is 0.287 bits per heavy atom. The number of carbonyl (C=O) groups is 4. The number of aliphatic hydroxyl groups is 1. The van der Waals surface area contributed by atoms with Crippen molar-refractivity contribution in [2.24, 2.45) is 5.92 Å². The Morgan fingerprint density at radius 3 is 0.723 bits per heavy atom. The fourth-order valence-corrected chi connectivity index (χ4v) is 13.1. The zero-order chi connectivity index (χ0) is 69.1. The van der Waals surface area contributed by atoms with Gasteiger partial charge in [0.15, 0.2) is 12.2 Å². The zero-order valence-electron chi connectivity index (χ0n) is 61.1. The normalized spacial score (nSPS) is 14.0. The summed E-state index contributed by atoms with van der Waals surface area (Å²) >= 11 is 0. The summed E-state index contributed by atoms with van der Waals surface area (Å²) in [6.07, 6.45) is 56.7. The lowest BCUT2D eigenvalue weighted by Gasteiger charge is -2.21. The van der Waals surface area contributed by atoms with Crippen molar-refractivity contribution in [1.29, 1.82) is 0 Å². The highest BCUT2D eigenvalue weighted by atomic mass is 31.2. The Bertz CT molecular complexity index is 1810. The highest BCUT2D eigenvalue weighted by molar-refractivity contribution is 7.47. The van der Waals surface area contributed by atoms with Gasteiger partial charge in [0.2, 0.25) is 0 Å². The van der Waals surface area contributed by atoms with Crippen LogP contribution in [0.2, 0.25) is 0 Å². The van der Waals surface area contributed by atoms with Crippen LogP contribution in [0, 0.1) is 5.92 Å². The first-order valence-electron chi connectivity index (χ1n) is 39.1. The van der Waals surface area contributed by atoms with E-state index in [1.54, 1.807) is 0 Å². The summed E-state index contributed by atoms with van der Waals surface area (Å²) in [6, 6.07) is 0. The molecule has 3 N–H and O–H groups in total. The molecule has 0 spiro atoms. The van der Waals surface area contributed by atoms with Crippen LogP contribution in [0.15, 0.2) is 0 Å². The molecule has 0 aliphatic heterocycles.